The second-order valence-electron chi connectivity index (χ2n) is 3.07. The van der Waals surface area contributed by atoms with E-state index in [1.54, 1.807) is 0 Å². The van der Waals surface area contributed by atoms with Crippen LogP contribution in [0.2, 0.25) is 0 Å². The summed E-state index contributed by atoms with van der Waals surface area (Å²) in [5, 5.41) is 8.76. The number of hydrogen-bond donors (Lipinski definition) is 1. The molecule has 1 heteroatoms. The first-order chi connectivity index (χ1) is 5.60. The van der Waals surface area contributed by atoms with E-state index in [1.807, 2.05) is 26.8 Å². The summed E-state index contributed by atoms with van der Waals surface area (Å²) in [6.45, 7) is 8.17. The lowest BCUT2D eigenvalue weighted by Gasteiger charge is -1.96. The highest BCUT2D eigenvalue weighted by atomic mass is 16.3. The molecule has 0 bridgehead atoms. The molecule has 0 aliphatic rings. The van der Waals surface area contributed by atoms with Gasteiger partial charge >= 0.3 is 0 Å². The van der Waals surface area contributed by atoms with Crippen molar-refractivity contribution in [3.63, 3.8) is 0 Å². The Labute approximate surface area is 75.1 Å². The van der Waals surface area contributed by atoms with Crippen LogP contribution >= 0.6 is 0 Å². The fraction of sp³-hybridized carbons (Fsp3) is 0.455. The molecule has 0 atom stereocenters. The van der Waals surface area contributed by atoms with Gasteiger partial charge in [0.2, 0.25) is 0 Å². The van der Waals surface area contributed by atoms with Crippen molar-refractivity contribution < 1.29 is 5.11 Å². The SMILES string of the molecule is C\C=C(C)/C=C(C)/C=C(\C)CO. The minimum absolute atomic E-state index is 0.139. The van der Waals surface area contributed by atoms with Crippen molar-refractivity contribution in [1.29, 1.82) is 0 Å². The quantitative estimate of drug-likeness (QED) is 0.639. The fourth-order valence-electron chi connectivity index (χ4n) is 0.918. The van der Waals surface area contributed by atoms with Gasteiger partial charge in [-0.05, 0) is 33.3 Å². The molecule has 0 saturated heterocycles. The molecule has 68 valence electrons. The Balaban J connectivity index is 4.40. The summed E-state index contributed by atoms with van der Waals surface area (Å²) in [6.07, 6.45) is 6.15. The highest BCUT2D eigenvalue weighted by Gasteiger charge is 1.87. The van der Waals surface area contributed by atoms with Gasteiger partial charge in [0.1, 0.15) is 0 Å². The van der Waals surface area contributed by atoms with Crippen molar-refractivity contribution >= 4 is 0 Å². The number of hydrogen-bond acceptors (Lipinski definition) is 1. The predicted molar refractivity (Wildman–Crippen MR) is 54.0 cm³/mol. The first-order valence-electron chi connectivity index (χ1n) is 4.19. The molecule has 1 nitrogen and oxygen atoms in total. The van der Waals surface area contributed by atoms with Crippen LogP contribution in [0, 0.1) is 0 Å². The largest absolute Gasteiger partial charge is 0.392 e. The Morgan fingerprint density at radius 2 is 1.67 bits per heavy atom. The van der Waals surface area contributed by atoms with Crippen LogP contribution in [0.15, 0.2) is 34.9 Å². The van der Waals surface area contributed by atoms with E-state index in [-0.39, 0.29) is 6.61 Å². The van der Waals surface area contributed by atoms with Crippen molar-refractivity contribution in [3.8, 4) is 0 Å². The molecule has 0 unspecified atom stereocenters. The second-order valence-corrected chi connectivity index (χ2v) is 3.07. The highest BCUT2D eigenvalue weighted by Crippen LogP contribution is 2.05. The van der Waals surface area contributed by atoms with E-state index in [9.17, 15) is 0 Å². The van der Waals surface area contributed by atoms with E-state index in [1.165, 1.54) is 11.1 Å². The topological polar surface area (TPSA) is 20.2 Å². The highest BCUT2D eigenvalue weighted by molar-refractivity contribution is 5.29. The molecule has 0 amide bonds. The average molecular weight is 166 g/mol. The van der Waals surface area contributed by atoms with Crippen molar-refractivity contribution in [2.45, 2.75) is 27.7 Å². The van der Waals surface area contributed by atoms with Gasteiger partial charge in [-0.2, -0.15) is 0 Å². The maximum atomic E-state index is 8.76. The monoisotopic (exact) mass is 166 g/mol. The lowest BCUT2D eigenvalue weighted by molar-refractivity contribution is 0.331. The molecular formula is C11H18O. The lowest BCUT2D eigenvalue weighted by atomic mass is 10.1. The molecule has 0 aromatic carbocycles. The van der Waals surface area contributed by atoms with Crippen LogP contribution in [0.5, 0.6) is 0 Å². The summed E-state index contributed by atoms with van der Waals surface area (Å²) >= 11 is 0. The molecule has 0 heterocycles. The van der Waals surface area contributed by atoms with Gasteiger partial charge in [0, 0.05) is 0 Å². The Morgan fingerprint density at radius 1 is 1.08 bits per heavy atom. The Bertz CT molecular complexity index is 219. The molecule has 0 rings (SSSR count). The Hall–Kier alpha value is -0.820. The summed E-state index contributed by atoms with van der Waals surface area (Å²) in [4.78, 5) is 0. The molecule has 0 radical (unpaired) electrons. The van der Waals surface area contributed by atoms with E-state index in [0.29, 0.717) is 0 Å². The van der Waals surface area contributed by atoms with Crippen LogP contribution in [0.4, 0.5) is 0 Å². The van der Waals surface area contributed by atoms with Gasteiger partial charge in [0.15, 0.2) is 0 Å². The van der Waals surface area contributed by atoms with E-state index in [4.69, 9.17) is 5.11 Å². The van der Waals surface area contributed by atoms with Gasteiger partial charge < -0.3 is 5.11 Å². The zero-order chi connectivity index (χ0) is 9.56. The van der Waals surface area contributed by atoms with Gasteiger partial charge in [-0.1, -0.05) is 29.4 Å². The molecule has 0 fully saturated rings. The maximum absolute atomic E-state index is 8.76. The third kappa shape index (κ3) is 4.91. The lowest BCUT2D eigenvalue weighted by Crippen LogP contribution is -1.84. The van der Waals surface area contributed by atoms with E-state index in [0.717, 1.165) is 5.57 Å². The van der Waals surface area contributed by atoms with E-state index in [2.05, 4.69) is 19.1 Å². The van der Waals surface area contributed by atoms with Crippen molar-refractivity contribution in [2.75, 3.05) is 6.61 Å². The number of aliphatic hydroxyl groups excluding tert-OH is 1. The number of allylic oxidation sites excluding steroid dienone is 5. The maximum Gasteiger partial charge on any atom is 0.0642 e. The molecule has 1 N–H and O–H groups in total. The predicted octanol–water partition coefficient (Wildman–Crippen LogP) is 2.84. The normalized spacial score (nSPS) is 15.2. The van der Waals surface area contributed by atoms with E-state index >= 15 is 0 Å². The number of aliphatic hydroxyl groups is 1. The zero-order valence-electron chi connectivity index (χ0n) is 8.39. The van der Waals surface area contributed by atoms with Gasteiger partial charge in [-0.25, -0.2) is 0 Å². The molecule has 12 heavy (non-hydrogen) atoms. The van der Waals surface area contributed by atoms with Gasteiger partial charge in [-0.15, -0.1) is 0 Å². The third-order valence-electron chi connectivity index (χ3n) is 1.63. The van der Waals surface area contributed by atoms with Crippen LogP contribution in [-0.4, -0.2) is 11.7 Å². The summed E-state index contributed by atoms with van der Waals surface area (Å²) in [6, 6.07) is 0. The molecule has 0 aromatic heterocycles. The Kier molecular flexibility index (Phi) is 5.39. The number of rotatable bonds is 3. The zero-order valence-corrected chi connectivity index (χ0v) is 8.39. The van der Waals surface area contributed by atoms with Crippen LogP contribution in [-0.2, 0) is 0 Å². The smallest absolute Gasteiger partial charge is 0.0642 e. The molecule has 0 aliphatic carbocycles. The first-order valence-corrected chi connectivity index (χ1v) is 4.19. The first kappa shape index (κ1) is 11.2. The second kappa shape index (κ2) is 5.78. The van der Waals surface area contributed by atoms with Crippen LogP contribution in [0.3, 0.4) is 0 Å². The summed E-state index contributed by atoms with van der Waals surface area (Å²) in [5.74, 6) is 0. The molecule has 0 aliphatic heterocycles. The molecule has 0 saturated carbocycles. The average Bonchev–Trinajstić information content (AvgIpc) is 2.03. The van der Waals surface area contributed by atoms with Crippen molar-refractivity contribution in [1.82, 2.24) is 0 Å². The van der Waals surface area contributed by atoms with Crippen LogP contribution < -0.4 is 0 Å². The van der Waals surface area contributed by atoms with Gasteiger partial charge in [-0.3, -0.25) is 0 Å². The molecular weight excluding hydrogens is 148 g/mol. The molecule has 0 spiro atoms. The fourth-order valence-corrected chi connectivity index (χ4v) is 0.918. The molecule has 0 aromatic rings. The van der Waals surface area contributed by atoms with Crippen molar-refractivity contribution in [3.05, 3.63) is 34.9 Å². The van der Waals surface area contributed by atoms with E-state index < -0.39 is 0 Å². The minimum atomic E-state index is 0.139. The standard InChI is InChI=1S/C11H18O/c1-5-9(2)6-10(3)7-11(4)8-12/h5-7,12H,8H2,1-4H3/b9-5-,10-6+,11-7+. The van der Waals surface area contributed by atoms with Gasteiger partial charge in [0.05, 0.1) is 6.61 Å². The third-order valence-corrected chi connectivity index (χ3v) is 1.63. The van der Waals surface area contributed by atoms with Crippen molar-refractivity contribution in [2.24, 2.45) is 0 Å². The van der Waals surface area contributed by atoms with Crippen LogP contribution in [0.25, 0.3) is 0 Å². The summed E-state index contributed by atoms with van der Waals surface area (Å²) < 4.78 is 0. The summed E-state index contributed by atoms with van der Waals surface area (Å²) in [5.41, 5.74) is 3.42. The minimum Gasteiger partial charge on any atom is -0.392 e. The van der Waals surface area contributed by atoms with Crippen LogP contribution in [0.1, 0.15) is 27.7 Å². The summed E-state index contributed by atoms with van der Waals surface area (Å²) in [7, 11) is 0. The Morgan fingerprint density at radius 3 is 2.08 bits per heavy atom. The van der Waals surface area contributed by atoms with Gasteiger partial charge in [0.25, 0.3) is 0 Å².